The van der Waals surface area contributed by atoms with Crippen LogP contribution in [0.1, 0.15) is 0 Å². The van der Waals surface area contributed by atoms with Crippen molar-refractivity contribution in [1.82, 2.24) is 14.9 Å². The van der Waals surface area contributed by atoms with Crippen LogP contribution in [-0.4, -0.2) is 28.7 Å². The number of anilines is 1. The second-order valence-electron chi connectivity index (χ2n) is 4.44. The van der Waals surface area contributed by atoms with E-state index in [4.69, 9.17) is 0 Å². The van der Waals surface area contributed by atoms with E-state index in [2.05, 4.69) is 4.98 Å². The van der Waals surface area contributed by atoms with Crippen LogP contribution in [0.2, 0.25) is 0 Å². The minimum absolute atomic E-state index is 0.201. The van der Waals surface area contributed by atoms with Gasteiger partial charge in [0.2, 0.25) is 5.95 Å². The first kappa shape index (κ1) is 13.7. The van der Waals surface area contributed by atoms with E-state index < -0.39 is 35.3 Å². The van der Waals surface area contributed by atoms with Crippen LogP contribution in [0, 0.1) is 11.6 Å². The molecule has 2 heterocycles. The summed E-state index contributed by atoms with van der Waals surface area (Å²) in [5, 5.41) is 3.87. The molecule has 2 aromatic rings. The van der Waals surface area contributed by atoms with Gasteiger partial charge in [0.25, 0.3) is 11.6 Å². The molecule has 10 heteroatoms. The highest BCUT2D eigenvalue weighted by molar-refractivity contribution is 6.03. The van der Waals surface area contributed by atoms with Crippen molar-refractivity contribution in [2.45, 2.75) is 11.8 Å². The van der Waals surface area contributed by atoms with Gasteiger partial charge in [0.15, 0.2) is 11.6 Å². The Hall–Kier alpha value is -2.23. The summed E-state index contributed by atoms with van der Waals surface area (Å²) in [7, 11) is 0.938. The van der Waals surface area contributed by atoms with Gasteiger partial charge in [0.05, 0.1) is 11.0 Å². The number of aromatic nitrogens is 2. The Bertz CT molecular complexity index is 768. The summed E-state index contributed by atoms with van der Waals surface area (Å²) in [5.41, 5.74) is -3.68. The van der Waals surface area contributed by atoms with Crippen LogP contribution >= 0.6 is 0 Å². The van der Waals surface area contributed by atoms with E-state index in [1.54, 1.807) is 0 Å². The summed E-state index contributed by atoms with van der Waals surface area (Å²) < 4.78 is 67.1. The van der Waals surface area contributed by atoms with Crippen LogP contribution < -0.4 is 10.6 Å². The van der Waals surface area contributed by atoms with Crippen molar-refractivity contribution < 1.29 is 26.7 Å². The number of benzene rings is 1. The van der Waals surface area contributed by atoms with Crippen LogP contribution in [0.3, 0.4) is 0 Å². The molecule has 1 amide bonds. The van der Waals surface area contributed by atoms with Gasteiger partial charge in [-0.2, -0.15) is 13.2 Å². The molecule has 1 aromatic carbocycles. The minimum atomic E-state index is -5.02. The van der Waals surface area contributed by atoms with Crippen molar-refractivity contribution in [3.05, 3.63) is 23.8 Å². The van der Waals surface area contributed by atoms with Crippen LogP contribution in [0.25, 0.3) is 11.0 Å². The van der Waals surface area contributed by atoms with E-state index in [0.717, 1.165) is 7.05 Å². The number of hydrogen-bond acceptors (Lipinski definition) is 3. The average Bonchev–Trinajstić information content (AvgIpc) is 2.82. The van der Waals surface area contributed by atoms with Crippen LogP contribution in [0.15, 0.2) is 12.1 Å². The fourth-order valence-electron chi connectivity index (χ4n) is 2.41. The number of carbonyl (C=O) groups is 1. The Morgan fingerprint density at radius 3 is 2.48 bits per heavy atom. The van der Waals surface area contributed by atoms with Gasteiger partial charge in [-0.25, -0.2) is 13.8 Å². The number of nitrogens with zero attached hydrogens (tertiary/aromatic N) is 2. The third kappa shape index (κ3) is 1.53. The van der Waals surface area contributed by atoms with Crippen LogP contribution in [0.4, 0.5) is 27.9 Å². The molecule has 0 spiro atoms. The van der Waals surface area contributed by atoms with E-state index in [9.17, 15) is 26.7 Å². The van der Waals surface area contributed by atoms with E-state index in [-0.39, 0.29) is 11.0 Å². The zero-order valence-corrected chi connectivity index (χ0v) is 10.3. The minimum Gasteiger partial charge on any atom is -0.292 e. The molecule has 0 radical (unpaired) electrons. The molecule has 0 fully saturated rings. The fourth-order valence-corrected chi connectivity index (χ4v) is 2.41. The van der Waals surface area contributed by atoms with Gasteiger partial charge in [-0.05, 0) is 7.05 Å². The molecule has 5 nitrogen and oxygen atoms in total. The molecule has 1 aliphatic heterocycles. The summed E-state index contributed by atoms with van der Waals surface area (Å²) in [5.74, 6) is -4.41. The van der Waals surface area contributed by atoms with Gasteiger partial charge in [-0.3, -0.25) is 20.0 Å². The highest BCUT2D eigenvalue weighted by Crippen LogP contribution is 2.43. The molecule has 112 valence electrons. The van der Waals surface area contributed by atoms with Gasteiger partial charge in [0, 0.05) is 12.1 Å². The Kier molecular flexibility index (Phi) is 2.56. The summed E-state index contributed by atoms with van der Waals surface area (Å²) in [6.45, 7) is 0. The molecule has 1 aromatic heterocycles. The van der Waals surface area contributed by atoms with E-state index in [1.165, 1.54) is 0 Å². The number of hydrogen-bond donors (Lipinski definition) is 2. The summed E-state index contributed by atoms with van der Waals surface area (Å²) in [4.78, 5) is 15.5. The van der Waals surface area contributed by atoms with Crippen molar-refractivity contribution in [3.63, 3.8) is 0 Å². The maximum atomic E-state index is 13.4. The lowest BCUT2D eigenvalue weighted by Gasteiger charge is -2.30. The Balaban J connectivity index is 2.40. The fraction of sp³-hybridized carbons (Fsp3) is 0.273. The van der Waals surface area contributed by atoms with Crippen molar-refractivity contribution in [3.8, 4) is 0 Å². The molecule has 2 N–H and O–H groups in total. The first-order valence-corrected chi connectivity index (χ1v) is 5.67. The molecule has 1 aliphatic rings. The van der Waals surface area contributed by atoms with Gasteiger partial charge in [0.1, 0.15) is 0 Å². The standard InChI is InChI=1S/C11H7F5N4O/c1-17-10(11(14,15)16)8(21)19-9-18-6-2-4(12)5(13)3-7(6)20(9)10/h2-3,17H,1H3,(H,18,19,21). The largest absolute Gasteiger partial charge is 0.435 e. The molecule has 0 bridgehead atoms. The SMILES string of the molecule is CNC1(C(F)(F)F)C(=O)Nc2nc3cc(F)c(F)cc3n21. The topological polar surface area (TPSA) is 59.0 Å². The number of rotatable bonds is 1. The number of halogens is 5. The van der Waals surface area contributed by atoms with Gasteiger partial charge >= 0.3 is 6.18 Å². The molecular weight excluding hydrogens is 299 g/mol. The number of amides is 1. The van der Waals surface area contributed by atoms with Crippen molar-refractivity contribution in [2.75, 3.05) is 12.4 Å². The second kappa shape index (κ2) is 3.91. The highest BCUT2D eigenvalue weighted by Gasteiger charge is 2.65. The molecular formula is C11H7F5N4O. The number of likely N-dealkylation sites (N-methyl/N-ethyl adjacent to an activating group) is 1. The zero-order valence-electron chi connectivity index (χ0n) is 10.3. The van der Waals surface area contributed by atoms with Crippen molar-refractivity contribution in [1.29, 1.82) is 0 Å². The summed E-state index contributed by atoms with van der Waals surface area (Å²) in [6, 6.07) is 1.23. The molecule has 0 saturated heterocycles. The van der Waals surface area contributed by atoms with E-state index in [1.807, 2.05) is 10.6 Å². The summed E-state index contributed by atoms with van der Waals surface area (Å²) >= 11 is 0. The first-order valence-electron chi connectivity index (χ1n) is 5.67. The Morgan fingerprint density at radius 1 is 1.29 bits per heavy atom. The predicted molar refractivity (Wildman–Crippen MR) is 61.4 cm³/mol. The smallest absolute Gasteiger partial charge is 0.292 e. The van der Waals surface area contributed by atoms with Gasteiger partial charge < -0.3 is 0 Å². The zero-order chi connectivity index (χ0) is 15.6. The predicted octanol–water partition coefficient (Wildman–Crippen LogP) is 1.70. The molecule has 21 heavy (non-hydrogen) atoms. The lowest BCUT2D eigenvalue weighted by molar-refractivity contribution is -0.215. The number of imidazole rings is 1. The maximum Gasteiger partial charge on any atom is 0.435 e. The number of fused-ring (bicyclic) bond motifs is 3. The van der Waals surface area contributed by atoms with Crippen LogP contribution in [-0.2, 0) is 10.5 Å². The quantitative estimate of drug-likeness (QED) is 0.789. The number of alkyl halides is 3. The normalized spacial score (nSPS) is 21.7. The second-order valence-corrected chi connectivity index (χ2v) is 4.44. The van der Waals surface area contributed by atoms with Gasteiger partial charge in [-0.1, -0.05) is 0 Å². The third-order valence-corrected chi connectivity index (χ3v) is 3.36. The highest BCUT2D eigenvalue weighted by atomic mass is 19.4. The van der Waals surface area contributed by atoms with Gasteiger partial charge in [-0.15, -0.1) is 0 Å². The molecule has 0 aliphatic carbocycles. The van der Waals surface area contributed by atoms with E-state index >= 15 is 0 Å². The maximum absolute atomic E-state index is 13.4. The van der Waals surface area contributed by atoms with Crippen molar-refractivity contribution >= 4 is 22.9 Å². The number of nitrogens with one attached hydrogen (secondary N) is 2. The van der Waals surface area contributed by atoms with E-state index in [0.29, 0.717) is 16.7 Å². The molecule has 3 rings (SSSR count). The van der Waals surface area contributed by atoms with Crippen molar-refractivity contribution in [2.24, 2.45) is 0 Å². The Labute approximate surface area is 113 Å². The number of carbonyl (C=O) groups excluding carboxylic acids is 1. The lowest BCUT2D eigenvalue weighted by atomic mass is 10.1. The summed E-state index contributed by atoms with van der Waals surface area (Å²) in [6.07, 6.45) is -5.02. The average molecular weight is 306 g/mol. The first-order chi connectivity index (χ1) is 9.72. The van der Waals surface area contributed by atoms with Crippen LogP contribution in [0.5, 0.6) is 0 Å². The molecule has 1 unspecified atom stereocenters. The Morgan fingerprint density at radius 2 is 1.90 bits per heavy atom. The lowest BCUT2D eigenvalue weighted by Crippen LogP contribution is -2.60. The molecule has 0 saturated carbocycles. The monoisotopic (exact) mass is 306 g/mol. The third-order valence-electron chi connectivity index (χ3n) is 3.36. The molecule has 1 atom stereocenters.